The molecule has 206 valence electrons. The van der Waals surface area contributed by atoms with Crippen molar-refractivity contribution in [3.05, 3.63) is 117 Å². The zero-order valence-corrected chi connectivity index (χ0v) is 23.9. The topological polar surface area (TPSA) is 84.3 Å². The predicted octanol–water partition coefficient (Wildman–Crippen LogP) is 6.13. The highest BCUT2D eigenvalue weighted by Gasteiger charge is 2.35. The van der Waals surface area contributed by atoms with Crippen molar-refractivity contribution in [1.29, 1.82) is 0 Å². The number of carbonyl (C=O) groups excluding carboxylic acids is 1. The Bertz CT molecular complexity index is 1720. The maximum atomic E-state index is 13.7. The third-order valence-electron chi connectivity index (χ3n) is 6.65. The van der Waals surface area contributed by atoms with Crippen molar-refractivity contribution in [1.82, 2.24) is 19.4 Å². The van der Waals surface area contributed by atoms with Gasteiger partial charge in [-0.3, -0.25) is 4.79 Å². The second-order valence-electron chi connectivity index (χ2n) is 9.54. The summed E-state index contributed by atoms with van der Waals surface area (Å²) >= 11 is 12.7. The molecule has 7 nitrogen and oxygen atoms in total. The predicted molar refractivity (Wildman–Crippen MR) is 155 cm³/mol. The highest BCUT2D eigenvalue weighted by Crippen LogP contribution is 2.36. The van der Waals surface area contributed by atoms with Crippen molar-refractivity contribution >= 4 is 50.8 Å². The van der Waals surface area contributed by atoms with Gasteiger partial charge in [0.25, 0.3) is 5.91 Å². The van der Waals surface area contributed by atoms with Gasteiger partial charge in [0, 0.05) is 23.7 Å². The molecule has 0 spiro atoms. The van der Waals surface area contributed by atoms with Crippen LogP contribution in [-0.4, -0.2) is 41.2 Å². The molecule has 1 amide bonds. The van der Waals surface area contributed by atoms with Crippen molar-refractivity contribution in [2.75, 3.05) is 12.8 Å². The number of hydrogen-bond acceptors (Lipinski definition) is 4. The first kappa shape index (κ1) is 28.0. The SMILES string of the molecule is C[C@@H](NC(=O)c1nn(-c2ccc(Cl)cc2Cl)c2c1CN(S(C)(=O)=O)C/C2=C\c1ccc(F)cc1)c1ccccc1. The van der Waals surface area contributed by atoms with E-state index < -0.39 is 21.7 Å². The van der Waals surface area contributed by atoms with Gasteiger partial charge < -0.3 is 5.32 Å². The first-order valence-electron chi connectivity index (χ1n) is 12.4. The largest absolute Gasteiger partial charge is 0.344 e. The van der Waals surface area contributed by atoms with E-state index in [9.17, 15) is 17.6 Å². The zero-order valence-electron chi connectivity index (χ0n) is 21.6. The molecule has 2 heterocycles. The molecule has 0 saturated carbocycles. The van der Waals surface area contributed by atoms with Crippen LogP contribution in [-0.2, 0) is 16.6 Å². The molecular weight excluding hydrogens is 574 g/mol. The number of carbonyl (C=O) groups is 1. The third kappa shape index (κ3) is 5.83. The van der Waals surface area contributed by atoms with Gasteiger partial charge in [-0.1, -0.05) is 65.7 Å². The molecule has 11 heteroatoms. The molecule has 3 aromatic carbocycles. The highest BCUT2D eigenvalue weighted by molar-refractivity contribution is 7.88. The van der Waals surface area contributed by atoms with Crippen LogP contribution in [0.4, 0.5) is 4.39 Å². The number of fused-ring (bicyclic) bond motifs is 1. The second kappa shape index (κ2) is 11.2. The van der Waals surface area contributed by atoms with E-state index in [1.807, 2.05) is 37.3 Å². The van der Waals surface area contributed by atoms with E-state index in [4.69, 9.17) is 23.2 Å². The molecule has 1 N–H and O–H groups in total. The molecule has 5 rings (SSSR count). The summed E-state index contributed by atoms with van der Waals surface area (Å²) in [6.07, 6.45) is 2.87. The lowest BCUT2D eigenvalue weighted by molar-refractivity contribution is 0.0933. The lowest BCUT2D eigenvalue weighted by atomic mass is 9.98. The van der Waals surface area contributed by atoms with Crippen molar-refractivity contribution in [3.63, 3.8) is 0 Å². The Balaban J connectivity index is 1.70. The summed E-state index contributed by atoms with van der Waals surface area (Å²) in [6, 6.07) is 19.9. The zero-order chi connectivity index (χ0) is 28.6. The Morgan fingerprint density at radius 2 is 1.75 bits per heavy atom. The summed E-state index contributed by atoms with van der Waals surface area (Å²) in [6.45, 7) is 1.81. The number of benzene rings is 3. The maximum absolute atomic E-state index is 13.7. The van der Waals surface area contributed by atoms with Crippen molar-refractivity contribution in [2.45, 2.75) is 19.5 Å². The number of nitrogens with one attached hydrogen (secondary N) is 1. The van der Waals surface area contributed by atoms with E-state index in [0.717, 1.165) is 11.8 Å². The summed E-state index contributed by atoms with van der Waals surface area (Å²) in [5.74, 6) is -0.860. The fourth-order valence-electron chi connectivity index (χ4n) is 4.64. The van der Waals surface area contributed by atoms with Gasteiger partial charge in [-0.15, -0.1) is 0 Å². The average Bonchev–Trinajstić information content (AvgIpc) is 3.30. The molecule has 1 aliphatic heterocycles. The van der Waals surface area contributed by atoms with Crippen LogP contribution in [0.1, 0.15) is 45.8 Å². The average molecular weight is 600 g/mol. The Morgan fingerprint density at radius 1 is 1.05 bits per heavy atom. The van der Waals surface area contributed by atoms with Crippen LogP contribution in [0.25, 0.3) is 17.3 Å². The van der Waals surface area contributed by atoms with Gasteiger partial charge in [0.15, 0.2) is 5.69 Å². The lowest BCUT2D eigenvalue weighted by Crippen LogP contribution is -2.36. The molecule has 0 unspecified atom stereocenters. The van der Waals surface area contributed by atoms with Crippen LogP contribution < -0.4 is 5.32 Å². The summed E-state index contributed by atoms with van der Waals surface area (Å²) < 4.78 is 41.9. The quantitative estimate of drug-likeness (QED) is 0.289. The minimum absolute atomic E-state index is 0.0155. The minimum atomic E-state index is -3.66. The standard InChI is InChI=1S/C29H25Cl2FN4O3S/c1-18(20-6-4-3-5-7-20)33-29(37)27-24-17-35(40(2,38)39)16-21(14-19-8-11-23(32)12-9-19)28(24)36(34-27)26-13-10-22(30)15-25(26)31/h3-15,18H,16-17H2,1-2H3,(H,33,37)/b21-14+/t18-/m1/s1. The van der Waals surface area contributed by atoms with Crippen LogP contribution in [0.2, 0.25) is 10.0 Å². The number of halogens is 3. The van der Waals surface area contributed by atoms with Gasteiger partial charge in [-0.2, -0.15) is 9.40 Å². The van der Waals surface area contributed by atoms with Crippen molar-refractivity contribution in [2.24, 2.45) is 0 Å². The number of hydrogen-bond donors (Lipinski definition) is 1. The molecule has 1 aromatic heterocycles. The van der Waals surface area contributed by atoms with Crippen LogP contribution >= 0.6 is 23.2 Å². The monoisotopic (exact) mass is 598 g/mol. The van der Waals surface area contributed by atoms with Crippen LogP contribution in [0.15, 0.2) is 72.8 Å². The molecule has 40 heavy (non-hydrogen) atoms. The van der Waals surface area contributed by atoms with Gasteiger partial charge in [-0.05, 0) is 60.0 Å². The van der Waals surface area contributed by atoms with E-state index in [0.29, 0.717) is 38.1 Å². The van der Waals surface area contributed by atoms with Gasteiger partial charge in [0.2, 0.25) is 10.0 Å². The molecule has 0 aliphatic carbocycles. The van der Waals surface area contributed by atoms with Gasteiger partial charge in [0.05, 0.1) is 28.7 Å². The van der Waals surface area contributed by atoms with E-state index in [2.05, 4.69) is 10.4 Å². The summed E-state index contributed by atoms with van der Waals surface area (Å²) in [7, 11) is -3.66. The van der Waals surface area contributed by atoms with Gasteiger partial charge >= 0.3 is 0 Å². The number of aromatic nitrogens is 2. The second-order valence-corrected chi connectivity index (χ2v) is 12.4. The summed E-state index contributed by atoms with van der Waals surface area (Å²) in [5, 5.41) is 8.38. The number of sulfonamides is 1. The Kier molecular flexibility index (Phi) is 7.83. The summed E-state index contributed by atoms with van der Waals surface area (Å²) in [5.41, 5.74) is 3.61. The molecule has 0 saturated heterocycles. The first-order chi connectivity index (χ1) is 19.0. The highest BCUT2D eigenvalue weighted by atomic mass is 35.5. The fourth-order valence-corrected chi connectivity index (χ4v) is 5.86. The third-order valence-corrected chi connectivity index (χ3v) is 8.38. The fraction of sp³-hybridized carbons (Fsp3) is 0.172. The molecule has 0 fully saturated rings. The van der Waals surface area contributed by atoms with Gasteiger partial charge in [0.1, 0.15) is 5.82 Å². The van der Waals surface area contributed by atoms with Crippen molar-refractivity contribution < 1.29 is 17.6 Å². The van der Waals surface area contributed by atoms with E-state index in [1.165, 1.54) is 16.4 Å². The van der Waals surface area contributed by atoms with Gasteiger partial charge in [-0.25, -0.2) is 17.5 Å². The molecule has 1 aliphatic rings. The Labute approximate surface area is 241 Å². The van der Waals surface area contributed by atoms with Crippen LogP contribution in [0, 0.1) is 5.82 Å². The number of nitrogens with zero attached hydrogens (tertiary/aromatic N) is 3. The van der Waals surface area contributed by atoms with Crippen LogP contribution in [0.3, 0.4) is 0 Å². The van der Waals surface area contributed by atoms with E-state index in [-0.39, 0.29) is 24.8 Å². The minimum Gasteiger partial charge on any atom is -0.344 e. The summed E-state index contributed by atoms with van der Waals surface area (Å²) in [4.78, 5) is 13.7. The molecule has 0 radical (unpaired) electrons. The number of rotatable bonds is 6. The molecule has 0 bridgehead atoms. The molecule has 1 atom stereocenters. The normalized spacial score (nSPS) is 15.6. The maximum Gasteiger partial charge on any atom is 0.272 e. The smallest absolute Gasteiger partial charge is 0.272 e. The van der Waals surface area contributed by atoms with E-state index in [1.54, 1.807) is 41.1 Å². The van der Waals surface area contributed by atoms with Crippen molar-refractivity contribution in [3.8, 4) is 5.69 Å². The Hall–Kier alpha value is -3.50. The van der Waals surface area contributed by atoms with Crippen LogP contribution in [0.5, 0.6) is 0 Å². The van der Waals surface area contributed by atoms with E-state index >= 15 is 0 Å². The Morgan fingerprint density at radius 3 is 2.40 bits per heavy atom. The molecular formula is C29H25Cl2FN4O3S. The first-order valence-corrected chi connectivity index (χ1v) is 15.0. The molecule has 4 aromatic rings. The number of amides is 1. The lowest BCUT2D eigenvalue weighted by Gasteiger charge is -2.28.